The van der Waals surface area contributed by atoms with Crippen LogP contribution in [0.3, 0.4) is 0 Å². The standard InChI is InChI=1S/C11H17FN2O/c1-8(13-14(2)3)9-5-6-10(12)11(7-9)15-4/h5-8,13H,1-4H3. The highest BCUT2D eigenvalue weighted by molar-refractivity contribution is 5.31. The molecule has 0 heterocycles. The molecule has 15 heavy (non-hydrogen) atoms. The van der Waals surface area contributed by atoms with Crippen LogP contribution in [0.2, 0.25) is 0 Å². The Bertz CT molecular complexity index is 328. The third-order valence-electron chi connectivity index (χ3n) is 2.13. The van der Waals surface area contributed by atoms with Gasteiger partial charge in [-0.25, -0.2) is 9.82 Å². The van der Waals surface area contributed by atoms with E-state index in [-0.39, 0.29) is 17.6 Å². The molecule has 1 aromatic rings. The summed E-state index contributed by atoms with van der Waals surface area (Å²) in [5.41, 5.74) is 4.17. The zero-order valence-electron chi connectivity index (χ0n) is 9.54. The van der Waals surface area contributed by atoms with Crippen LogP contribution < -0.4 is 10.2 Å². The molecular formula is C11H17FN2O. The summed E-state index contributed by atoms with van der Waals surface area (Å²) in [5.74, 6) is -0.0572. The summed E-state index contributed by atoms with van der Waals surface area (Å²) in [6.07, 6.45) is 0. The molecule has 0 saturated heterocycles. The number of rotatable bonds is 4. The number of nitrogens with one attached hydrogen (secondary N) is 1. The van der Waals surface area contributed by atoms with Crippen molar-refractivity contribution in [3.05, 3.63) is 29.6 Å². The fourth-order valence-electron chi connectivity index (χ4n) is 1.41. The Balaban J connectivity index is 2.85. The molecule has 0 aliphatic heterocycles. The van der Waals surface area contributed by atoms with Crippen LogP contribution in [0.25, 0.3) is 0 Å². The van der Waals surface area contributed by atoms with Gasteiger partial charge >= 0.3 is 0 Å². The van der Waals surface area contributed by atoms with E-state index in [1.54, 1.807) is 12.1 Å². The van der Waals surface area contributed by atoms with Gasteiger partial charge in [-0.15, -0.1) is 0 Å². The molecular weight excluding hydrogens is 195 g/mol. The van der Waals surface area contributed by atoms with Crippen molar-refractivity contribution in [2.75, 3.05) is 21.2 Å². The van der Waals surface area contributed by atoms with Crippen LogP contribution >= 0.6 is 0 Å². The molecule has 1 atom stereocenters. The molecule has 0 saturated carbocycles. The van der Waals surface area contributed by atoms with Crippen molar-refractivity contribution in [2.45, 2.75) is 13.0 Å². The second kappa shape index (κ2) is 5.09. The molecule has 0 amide bonds. The van der Waals surface area contributed by atoms with Crippen LogP contribution in [0.1, 0.15) is 18.5 Å². The van der Waals surface area contributed by atoms with Crippen molar-refractivity contribution in [3.63, 3.8) is 0 Å². The van der Waals surface area contributed by atoms with E-state index in [2.05, 4.69) is 5.43 Å². The van der Waals surface area contributed by atoms with Gasteiger partial charge < -0.3 is 4.74 Å². The molecule has 0 fully saturated rings. The van der Waals surface area contributed by atoms with Gasteiger partial charge in [-0.1, -0.05) is 6.07 Å². The number of hydrogen-bond acceptors (Lipinski definition) is 3. The first-order valence-corrected chi connectivity index (χ1v) is 4.81. The molecule has 1 aromatic carbocycles. The van der Waals surface area contributed by atoms with E-state index in [1.165, 1.54) is 13.2 Å². The summed E-state index contributed by atoms with van der Waals surface area (Å²) < 4.78 is 18.1. The van der Waals surface area contributed by atoms with Crippen molar-refractivity contribution >= 4 is 0 Å². The van der Waals surface area contributed by atoms with E-state index in [0.717, 1.165) is 5.56 Å². The second-order valence-electron chi connectivity index (χ2n) is 3.64. The highest BCUT2D eigenvalue weighted by Gasteiger charge is 2.09. The van der Waals surface area contributed by atoms with Crippen molar-refractivity contribution in [1.29, 1.82) is 0 Å². The minimum absolute atomic E-state index is 0.120. The molecule has 0 radical (unpaired) electrons. The van der Waals surface area contributed by atoms with Crippen molar-refractivity contribution < 1.29 is 9.13 Å². The lowest BCUT2D eigenvalue weighted by Gasteiger charge is -2.20. The summed E-state index contributed by atoms with van der Waals surface area (Å²) in [4.78, 5) is 0. The quantitative estimate of drug-likeness (QED) is 0.772. The van der Waals surface area contributed by atoms with Crippen LogP contribution in [0, 0.1) is 5.82 Å². The first kappa shape index (κ1) is 11.9. The molecule has 1 rings (SSSR count). The minimum atomic E-state index is -0.335. The van der Waals surface area contributed by atoms with Gasteiger partial charge in [0, 0.05) is 20.1 Å². The van der Waals surface area contributed by atoms with Gasteiger partial charge in [0.1, 0.15) is 0 Å². The van der Waals surface area contributed by atoms with E-state index in [4.69, 9.17) is 4.74 Å². The van der Waals surface area contributed by atoms with Crippen LogP contribution in [0.4, 0.5) is 4.39 Å². The molecule has 3 nitrogen and oxygen atoms in total. The monoisotopic (exact) mass is 212 g/mol. The van der Waals surface area contributed by atoms with Gasteiger partial charge in [-0.3, -0.25) is 5.01 Å². The van der Waals surface area contributed by atoms with Crippen LogP contribution in [0.5, 0.6) is 5.75 Å². The third kappa shape index (κ3) is 3.18. The average Bonchev–Trinajstić information content (AvgIpc) is 2.17. The first-order chi connectivity index (χ1) is 7.04. The summed E-state index contributed by atoms with van der Waals surface area (Å²) >= 11 is 0. The van der Waals surface area contributed by atoms with E-state index >= 15 is 0 Å². The van der Waals surface area contributed by atoms with E-state index < -0.39 is 0 Å². The highest BCUT2D eigenvalue weighted by Crippen LogP contribution is 2.22. The van der Waals surface area contributed by atoms with Crippen LogP contribution in [-0.4, -0.2) is 26.2 Å². The van der Waals surface area contributed by atoms with Gasteiger partial charge in [-0.05, 0) is 24.6 Å². The Hall–Kier alpha value is -1.13. The van der Waals surface area contributed by atoms with Crippen molar-refractivity contribution in [2.24, 2.45) is 0 Å². The number of halogens is 1. The Morgan fingerprint density at radius 1 is 1.40 bits per heavy atom. The Kier molecular flexibility index (Phi) is 4.05. The molecule has 1 unspecified atom stereocenters. The highest BCUT2D eigenvalue weighted by atomic mass is 19.1. The molecule has 84 valence electrons. The largest absolute Gasteiger partial charge is 0.494 e. The van der Waals surface area contributed by atoms with Crippen molar-refractivity contribution in [1.82, 2.24) is 10.4 Å². The zero-order chi connectivity index (χ0) is 11.4. The number of hydrazine groups is 1. The topological polar surface area (TPSA) is 24.5 Å². The predicted molar refractivity (Wildman–Crippen MR) is 58.2 cm³/mol. The smallest absolute Gasteiger partial charge is 0.165 e. The number of nitrogens with zero attached hydrogens (tertiary/aromatic N) is 1. The van der Waals surface area contributed by atoms with E-state index in [9.17, 15) is 4.39 Å². The maximum Gasteiger partial charge on any atom is 0.165 e. The molecule has 0 aliphatic carbocycles. The maximum absolute atomic E-state index is 13.1. The molecule has 0 bridgehead atoms. The molecule has 1 N–H and O–H groups in total. The molecule has 0 aliphatic rings. The summed E-state index contributed by atoms with van der Waals surface area (Å²) in [6, 6.07) is 4.99. The zero-order valence-corrected chi connectivity index (χ0v) is 9.54. The fourth-order valence-corrected chi connectivity index (χ4v) is 1.41. The van der Waals surface area contributed by atoms with E-state index in [0.29, 0.717) is 0 Å². The Morgan fingerprint density at radius 3 is 2.60 bits per heavy atom. The van der Waals surface area contributed by atoms with Crippen molar-refractivity contribution in [3.8, 4) is 5.75 Å². The maximum atomic E-state index is 13.1. The Morgan fingerprint density at radius 2 is 2.07 bits per heavy atom. The van der Waals surface area contributed by atoms with Crippen LogP contribution in [-0.2, 0) is 0 Å². The number of benzene rings is 1. The second-order valence-corrected chi connectivity index (χ2v) is 3.64. The minimum Gasteiger partial charge on any atom is -0.494 e. The summed E-state index contributed by atoms with van der Waals surface area (Å²) in [5, 5.41) is 1.86. The van der Waals surface area contributed by atoms with Gasteiger partial charge in [0.2, 0.25) is 0 Å². The van der Waals surface area contributed by atoms with E-state index in [1.807, 2.05) is 26.0 Å². The van der Waals surface area contributed by atoms with Gasteiger partial charge in [0.25, 0.3) is 0 Å². The third-order valence-corrected chi connectivity index (χ3v) is 2.13. The molecule has 0 aromatic heterocycles. The lowest BCUT2D eigenvalue weighted by Crippen LogP contribution is -2.32. The van der Waals surface area contributed by atoms with Gasteiger partial charge in [0.05, 0.1) is 7.11 Å². The molecule has 4 heteroatoms. The fraction of sp³-hybridized carbons (Fsp3) is 0.455. The average molecular weight is 212 g/mol. The number of ether oxygens (including phenoxy) is 1. The summed E-state index contributed by atoms with van der Waals surface area (Å²) in [6.45, 7) is 2.01. The summed E-state index contributed by atoms with van der Waals surface area (Å²) in [7, 11) is 5.29. The van der Waals surface area contributed by atoms with Crippen LogP contribution in [0.15, 0.2) is 18.2 Å². The number of methoxy groups -OCH3 is 1. The van der Waals surface area contributed by atoms with Gasteiger partial charge in [0.15, 0.2) is 11.6 Å². The SMILES string of the molecule is COc1cc(C(C)NN(C)C)ccc1F. The predicted octanol–water partition coefficient (Wildman–Crippen LogP) is 1.96. The van der Waals surface area contributed by atoms with Gasteiger partial charge in [-0.2, -0.15) is 0 Å². The lowest BCUT2D eigenvalue weighted by atomic mass is 10.1. The lowest BCUT2D eigenvalue weighted by molar-refractivity contribution is 0.251. The Labute approximate surface area is 89.8 Å². The molecule has 0 spiro atoms. The first-order valence-electron chi connectivity index (χ1n) is 4.81. The number of hydrogen-bond donors (Lipinski definition) is 1. The normalized spacial score (nSPS) is 12.9.